The van der Waals surface area contributed by atoms with Crippen LogP contribution in [0.1, 0.15) is 30.5 Å². The molecular weight excluding hydrogens is 324 g/mol. The Morgan fingerprint density at radius 1 is 1.00 bits per heavy atom. The zero-order chi connectivity index (χ0) is 14.5. The molecule has 0 spiro atoms. The summed E-state index contributed by atoms with van der Waals surface area (Å²) >= 11 is 3.39. The van der Waals surface area contributed by atoms with Crippen LogP contribution in [0.2, 0.25) is 0 Å². The fraction of sp³-hybridized carbons (Fsp3) is 0.250. The predicted molar refractivity (Wildman–Crippen MR) is 80.6 cm³/mol. The third-order valence-corrected chi connectivity index (χ3v) is 3.61. The van der Waals surface area contributed by atoms with Gasteiger partial charge in [0.15, 0.2) is 11.6 Å². The average Bonchev–Trinajstić information content (AvgIpc) is 2.45. The lowest BCUT2D eigenvalue weighted by Gasteiger charge is -2.20. The Hall–Kier alpha value is -1.26. The molecule has 0 fully saturated rings. The highest BCUT2D eigenvalue weighted by Gasteiger charge is 2.15. The van der Waals surface area contributed by atoms with Crippen LogP contribution in [-0.2, 0) is 0 Å². The quantitative estimate of drug-likeness (QED) is 0.823. The third kappa shape index (κ3) is 3.64. The van der Waals surface area contributed by atoms with E-state index in [4.69, 9.17) is 0 Å². The van der Waals surface area contributed by atoms with Crippen molar-refractivity contribution in [1.29, 1.82) is 0 Å². The summed E-state index contributed by atoms with van der Waals surface area (Å²) in [7, 11) is 0. The van der Waals surface area contributed by atoms with Gasteiger partial charge in [-0.25, -0.2) is 8.78 Å². The minimum absolute atomic E-state index is 0.141. The van der Waals surface area contributed by atoms with Crippen molar-refractivity contribution in [2.75, 3.05) is 6.54 Å². The van der Waals surface area contributed by atoms with Gasteiger partial charge >= 0.3 is 0 Å². The Labute approximate surface area is 126 Å². The summed E-state index contributed by atoms with van der Waals surface area (Å²) in [5.74, 6) is -1.64. The molecule has 0 amide bonds. The lowest BCUT2D eigenvalue weighted by atomic mass is 9.98. The molecule has 0 saturated carbocycles. The monoisotopic (exact) mass is 339 g/mol. The van der Waals surface area contributed by atoms with Crippen LogP contribution in [0.15, 0.2) is 46.9 Å². The molecule has 4 heteroatoms. The van der Waals surface area contributed by atoms with Gasteiger partial charge in [-0.05, 0) is 48.4 Å². The van der Waals surface area contributed by atoms with E-state index in [1.807, 2.05) is 24.3 Å². The summed E-state index contributed by atoms with van der Waals surface area (Å²) < 4.78 is 27.5. The molecule has 0 radical (unpaired) electrons. The Kier molecular flexibility index (Phi) is 5.26. The zero-order valence-electron chi connectivity index (χ0n) is 11.2. The zero-order valence-corrected chi connectivity index (χ0v) is 12.8. The molecule has 1 nitrogen and oxygen atoms in total. The molecule has 0 aliphatic heterocycles. The highest BCUT2D eigenvalue weighted by atomic mass is 79.9. The minimum atomic E-state index is -0.821. The molecule has 0 saturated heterocycles. The lowest BCUT2D eigenvalue weighted by Crippen LogP contribution is -2.23. The van der Waals surface area contributed by atoms with Crippen molar-refractivity contribution < 1.29 is 8.78 Å². The van der Waals surface area contributed by atoms with Gasteiger partial charge in [0.05, 0.1) is 6.04 Å². The van der Waals surface area contributed by atoms with Crippen LogP contribution in [0.4, 0.5) is 8.78 Å². The highest BCUT2D eigenvalue weighted by Crippen LogP contribution is 2.25. The Morgan fingerprint density at radius 3 is 2.25 bits per heavy atom. The summed E-state index contributed by atoms with van der Waals surface area (Å²) in [6.45, 7) is 2.87. The molecule has 1 unspecified atom stereocenters. The van der Waals surface area contributed by atoms with E-state index in [0.717, 1.165) is 28.6 Å². The van der Waals surface area contributed by atoms with Gasteiger partial charge < -0.3 is 5.32 Å². The standard InChI is InChI=1S/C16H16BrF2N/c1-2-9-20-16(11-3-6-13(17)7-4-11)12-5-8-14(18)15(19)10-12/h3-8,10,16,20H,2,9H2,1H3. The van der Waals surface area contributed by atoms with Crippen LogP contribution < -0.4 is 5.32 Å². The van der Waals surface area contributed by atoms with E-state index in [0.29, 0.717) is 0 Å². The van der Waals surface area contributed by atoms with Gasteiger partial charge in [0.1, 0.15) is 0 Å². The van der Waals surface area contributed by atoms with Gasteiger partial charge in [-0.3, -0.25) is 0 Å². The Morgan fingerprint density at radius 2 is 1.65 bits per heavy atom. The molecule has 2 rings (SSSR count). The van der Waals surface area contributed by atoms with Crippen LogP contribution in [0, 0.1) is 11.6 Å². The summed E-state index contributed by atoms with van der Waals surface area (Å²) in [5.41, 5.74) is 1.74. The number of halogens is 3. The predicted octanol–water partition coefficient (Wildman–Crippen LogP) is 4.82. The molecule has 0 heterocycles. The fourth-order valence-corrected chi connectivity index (χ4v) is 2.33. The summed E-state index contributed by atoms with van der Waals surface area (Å²) in [6, 6.07) is 11.7. The van der Waals surface area contributed by atoms with Crippen LogP contribution in [0.5, 0.6) is 0 Å². The van der Waals surface area contributed by atoms with E-state index < -0.39 is 11.6 Å². The molecule has 106 valence electrons. The number of hydrogen-bond donors (Lipinski definition) is 1. The van der Waals surface area contributed by atoms with Gasteiger partial charge in [-0.2, -0.15) is 0 Å². The van der Waals surface area contributed by atoms with Crippen molar-refractivity contribution in [3.63, 3.8) is 0 Å². The maximum atomic E-state index is 13.4. The summed E-state index contributed by atoms with van der Waals surface area (Å²) in [4.78, 5) is 0. The van der Waals surface area contributed by atoms with Crippen LogP contribution in [-0.4, -0.2) is 6.54 Å². The second-order valence-corrected chi connectivity index (χ2v) is 5.53. The first-order valence-electron chi connectivity index (χ1n) is 6.55. The molecule has 0 aliphatic carbocycles. The molecule has 2 aromatic rings. The maximum absolute atomic E-state index is 13.4. The Bertz CT molecular complexity index is 569. The summed E-state index contributed by atoms with van der Waals surface area (Å²) in [6.07, 6.45) is 0.969. The van der Waals surface area contributed by atoms with Gasteiger partial charge in [0.2, 0.25) is 0 Å². The van der Waals surface area contributed by atoms with Gasteiger partial charge in [0, 0.05) is 4.47 Å². The van der Waals surface area contributed by atoms with Crippen LogP contribution in [0.25, 0.3) is 0 Å². The van der Waals surface area contributed by atoms with Gasteiger partial charge in [-0.1, -0.05) is 41.1 Å². The van der Waals surface area contributed by atoms with Crippen LogP contribution in [0.3, 0.4) is 0 Å². The minimum Gasteiger partial charge on any atom is -0.306 e. The molecule has 1 atom stereocenters. The van der Waals surface area contributed by atoms with E-state index >= 15 is 0 Å². The number of benzene rings is 2. The van der Waals surface area contributed by atoms with Crippen molar-refractivity contribution in [1.82, 2.24) is 5.32 Å². The lowest BCUT2D eigenvalue weighted by molar-refractivity contribution is 0.503. The van der Waals surface area contributed by atoms with Crippen molar-refractivity contribution in [3.05, 3.63) is 69.7 Å². The van der Waals surface area contributed by atoms with Crippen molar-refractivity contribution in [3.8, 4) is 0 Å². The average molecular weight is 340 g/mol. The van der Waals surface area contributed by atoms with Crippen molar-refractivity contribution >= 4 is 15.9 Å². The molecule has 0 aliphatic rings. The number of rotatable bonds is 5. The van der Waals surface area contributed by atoms with E-state index in [1.165, 1.54) is 12.1 Å². The maximum Gasteiger partial charge on any atom is 0.159 e. The van der Waals surface area contributed by atoms with E-state index in [1.54, 1.807) is 6.07 Å². The van der Waals surface area contributed by atoms with Crippen molar-refractivity contribution in [2.24, 2.45) is 0 Å². The second kappa shape index (κ2) is 6.95. The Balaban J connectivity index is 2.35. The van der Waals surface area contributed by atoms with Gasteiger partial charge in [0.25, 0.3) is 0 Å². The van der Waals surface area contributed by atoms with E-state index in [2.05, 4.69) is 28.2 Å². The number of nitrogens with one attached hydrogen (secondary N) is 1. The summed E-state index contributed by atoms with van der Waals surface area (Å²) in [5, 5.41) is 3.36. The molecule has 2 aromatic carbocycles. The molecule has 20 heavy (non-hydrogen) atoms. The van der Waals surface area contributed by atoms with Crippen molar-refractivity contribution in [2.45, 2.75) is 19.4 Å². The highest BCUT2D eigenvalue weighted by molar-refractivity contribution is 9.10. The van der Waals surface area contributed by atoms with E-state index in [-0.39, 0.29) is 6.04 Å². The largest absolute Gasteiger partial charge is 0.306 e. The SMILES string of the molecule is CCCNC(c1ccc(Br)cc1)c1ccc(F)c(F)c1. The fourth-order valence-electron chi connectivity index (χ4n) is 2.06. The topological polar surface area (TPSA) is 12.0 Å². The van der Waals surface area contributed by atoms with E-state index in [9.17, 15) is 8.78 Å². The molecule has 1 N–H and O–H groups in total. The second-order valence-electron chi connectivity index (χ2n) is 4.61. The normalized spacial score (nSPS) is 12.4. The van der Waals surface area contributed by atoms with Crippen LogP contribution >= 0.6 is 15.9 Å². The molecular formula is C16H16BrF2N. The first kappa shape index (κ1) is 15.1. The molecule has 0 bridgehead atoms. The third-order valence-electron chi connectivity index (χ3n) is 3.08. The first-order valence-corrected chi connectivity index (χ1v) is 7.35. The smallest absolute Gasteiger partial charge is 0.159 e. The van der Waals surface area contributed by atoms with Gasteiger partial charge in [-0.15, -0.1) is 0 Å². The number of hydrogen-bond acceptors (Lipinski definition) is 1. The first-order chi connectivity index (χ1) is 9.61. The molecule has 0 aromatic heterocycles.